The lowest BCUT2D eigenvalue weighted by molar-refractivity contribution is 0.348. The lowest BCUT2D eigenvalue weighted by Crippen LogP contribution is -2.08. The normalized spacial score (nSPS) is 19.6. The largest absolute Gasteiger partial charge is 0.492 e. The minimum Gasteiger partial charge on any atom is -0.492 e. The van der Waals surface area contributed by atoms with Gasteiger partial charge in [-0.2, -0.15) is 0 Å². The van der Waals surface area contributed by atoms with Crippen molar-refractivity contribution in [1.82, 2.24) is 15.3 Å². The summed E-state index contributed by atoms with van der Waals surface area (Å²) in [5, 5.41) is 3.35. The van der Waals surface area contributed by atoms with E-state index in [1.807, 2.05) is 12.3 Å². The Bertz CT molecular complexity index is 1100. The Balaban J connectivity index is 1.68. The summed E-state index contributed by atoms with van der Waals surface area (Å²) in [5.74, 6) is 0.850. The molecule has 2 aliphatic heterocycles. The van der Waals surface area contributed by atoms with Gasteiger partial charge in [-0.3, -0.25) is 4.98 Å². The molecule has 7 heteroatoms. The molecule has 134 valence electrons. The lowest BCUT2D eigenvalue weighted by atomic mass is 10.0. The van der Waals surface area contributed by atoms with E-state index in [0.717, 1.165) is 42.6 Å². The molecule has 0 spiro atoms. The number of hydrogen-bond donors (Lipinski definition) is 2. The third-order valence-electron chi connectivity index (χ3n) is 5.32. The number of aromatic amines is 1. The Morgan fingerprint density at radius 3 is 2.96 bits per heavy atom. The number of nitrogens with zero attached hydrogens (tertiary/aromatic N) is 1. The zero-order valence-corrected chi connectivity index (χ0v) is 15.0. The average molecular weight is 369 g/mol. The second kappa shape index (κ2) is 5.82. The maximum atomic E-state index is 13.4. The van der Waals surface area contributed by atoms with E-state index in [0.29, 0.717) is 23.8 Å². The molecule has 5 rings (SSSR count). The molecule has 26 heavy (non-hydrogen) atoms. The number of ether oxygens (including phenoxy) is 1. The van der Waals surface area contributed by atoms with Gasteiger partial charge in [0.15, 0.2) is 0 Å². The Hall–Kier alpha value is -2.38. The molecule has 1 unspecified atom stereocenters. The maximum Gasteiger partial charge on any atom is 0.212 e. The topological polar surface area (TPSA) is 84.1 Å². The van der Waals surface area contributed by atoms with E-state index >= 15 is 0 Å². The van der Waals surface area contributed by atoms with Crippen LogP contribution in [0, 0.1) is 0 Å². The molecule has 1 atom stereocenters. The van der Waals surface area contributed by atoms with Gasteiger partial charge in [-0.15, -0.1) is 0 Å². The molecule has 1 aromatic carbocycles. The summed E-state index contributed by atoms with van der Waals surface area (Å²) in [5.41, 5.74) is 3.34. The molecule has 0 saturated carbocycles. The lowest BCUT2D eigenvalue weighted by Gasteiger charge is -2.10. The van der Waals surface area contributed by atoms with Gasteiger partial charge < -0.3 is 15.0 Å². The first kappa shape index (κ1) is 15.8. The molecule has 6 nitrogen and oxygen atoms in total. The first-order valence-corrected chi connectivity index (χ1v) is 10.3. The Labute approximate surface area is 151 Å². The number of hydrogen-bond acceptors (Lipinski definition) is 5. The fourth-order valence-electron chi connectivity index (χ4n) is 3.99. The highest BCUT2D eigenvalue weighted by atomic mass is 32.2. The highest BCUT2D eigenvalue weighted by Crippen LogP contribution is 2.38. The monoisotopic (exact) mass is 369 g/mol. The standard InChI is InChI=1S/C19H19N3O3S/c23-26(24,16-3-1-2-12-6-9-25-19(12)16)15-5-8-21-17-14(11-22-18(15)17)13-4-7-20-10-13/h1-3,5,8,11,13,20,22H,4,6-7,9-10H2. The van der Waals surface area contributed by atoms with Crippen LogP contribution in [0.25, 0.3) is 11.0 Å². The molecular formula is C19H19N3O3S. The van der Waals surface area contributed by atoms with Crippen LogP contribution in [0.15, 0.2) is 46.5 Å². The van der Waals surface area contributed by atoms with Gasteiger partial charge in [-0.25, -0.2) is 8.42 Å². The third kappa shape index (κ3) is 2.27. The van der Waals surface area contributed by atoms with Gasteiger partial charge in [0.25, 0.3) is 0 Å². The van der Waals surface area contributed by atoms with Crippen LogP contribution in [0.1, 0.15) is 23.5 Å². The summed E-state index contributed by atoms with van der Waals surface area (Å²) in [6, 6.07) is 6.89. The van der Waals surface area contributed by atoms with Crippen LogP contribution in [0.5, 0.6) is 5.75 Å². The summed E-state index contributed by atoms with van der Waals surface area (Å²) in [6.07, 6.45) is 5.26. The number of H-pyrrole nitrogens is 1. The molecule has 2 aromatic heterocycles. The van der Waals surface area contributed by atoms with Crippen LogP contribution in [0.3, 0.4) is 0 Å². The van der Waals surface area contributed by atoms with Crippen molar-refractivity contribution in [3.63, 3.8) is 0 Å². The number of fused-ring (bicyclic) bond motifs is 2. The van der Waals surface area contributed by atoms with Gasteiger partial charge in [0.05, 0.1) is 22.5 Å². The van der Waals surface area contributed by atoms with Crippen LogP contribution in [0.4, 0.5) is 0 Å². The molecule has 2 aliphatic rings. The quantitative estimate of drug-likeness (QED) is 0.741. The van der Waals surface area contributed by atoms with Gasteiger partial charge in [0, 0.05) is 36.8 Å². The van der Waals surface area contributed by atoms with Crippen molar-refractivity contribution in [2.45, 2.75) is 28.6 Å². The number of para-hydroxylation sites is 1. The Morgan fingerprint density at radius 1 is 1.19 bits per heavy atom. The minimum absolute atomic E-state index is 0.235. The Kier molecular flexibility index (Phi) is 3.55. The predicted molar refractivity (Wildman–Crippen MR) is 97.4 cm³/mol. The zero-order valence-electron chi connectivity index (χ0n) is 14.2. The van der Waals surface area contributed by atoms with Crippen molar-refractivity contribution in [3.8, 4) is 5.75 Å². The molecule has 2 N–H and O–H groups in total. The van der Waals surface area contributed by atoms with Crippen LogP contribution in [-0.2, 0) is 16.3 Å². The maximum absolute atomic E-state index is 13.4. The van der Waals surface area contributed by atoms with E-state index in [2.05, 4.69) is 15.3 Å². The van der Waals surface area contributed by atoms with Gasteiger partial charge in [0.2, 0.25) is 9.84 Å². The third-order valence-corrected chi connectivity index (χ3v) is 7.14. The molecule has 0 radical (unpaired) electrons. The van der Waals surface area contributed by atoms with Crippen LogP contribution in [-0.4, -0.2) is 38.1 Å². The number of nitrogens with one attached hydrogen (secondary N) is 2. The van der Waals surface area contributed by atoms with Crippen LogP contribution < -0.4 is 10.1 Å². The molecule has 0 bridgehead atoms. The van der Waals surface area contributed by atoms with Crippen molar-refractivity contribution in [2.75, 3.05) is 19.7 Å². The van der Waals surface area contributed by atoms with Crippen molar-refractivity contribution in [1.29, 1.82) is 0 Å². The van der Waals surface area contributed by atoms with Crippen LogP contribution in [0.2, 0.25) is 0 Å². The number of sulfone groups is 1. The SMILES string of the molecule is O=S(=O)(c1cccc2c1OCC2)c1ccnc2c(C3CCNC3)c[nH]c12. The Morgan fingerprint density at radius 2 is 2.12 bits per heavy atom. The van der Waals surface area contributed by atoms with Crippen molar-refractivity contribution >= 4 is 20.9 Å². The molecular weight excluding hydrogens is 350 g/mol. The van der Waals surface area contributed by atoms with E-state index < -0.39 is 9.84 Å². The fraction of sp³-hybridized carbons (Fsp3) is 0.316. The van der Waals surface area contributed by atoms with E-state index in [9.17, 15) is 8.42 Å². The van der Waals surface area contributed by atoms with Crippen LogP contribution >= 0.6 is 0 Å². The van der Waals surface area contributed by atoms with E-state index in [1.54, 1.807) is 24.4 Å². The number of pyridine rings is 1. The van der Waals surface area contributed by atoms with Crippen molar-refractivity contribution < 1.29 is 13.2 Å². The van der Waals surface area contributed by atoms with E-state index in [4.69, 9.17) is 4.74 Å². The highest BCUT2D eigenvalue weighted by Gasteiger charge is 2.30. The van der Waals surface area contributed by atoms with Gasteiger partial charge >= 0.3 is 0 Å². The highest BCUT2D eigenvalue weighted by molar-refractivity contribution is 7.91. The average Bonchev–Trinajstić information content (AvgIpc) is 3.39. The summed E-state index contributed by atoms with van der Waals surface area (Å²) in [4.78, 5) is 8.13. The molecule has 3 aromatic rings. The van der Waals surface area contributed by atoms with Gasteiger partial charge in [0.1, 0.15) is 10.6 Å². The minimum atomic E-state index is -3.71. The van der Waals surface area contributed by atoms with Gasteiger partial charge in [-0.1, -0.05) is 12.1 Å². The zero-order chi connectivity index (χ0) is 17.7. The second-order valence-electron chi connectivity index (χ2n) is 6.81. The van der Waals surface area contributed by atoms with Gasteiger partial charge in [-0.05, 0) is 30.7 Å². The molecule has 4 heterocycles. The summed E-state index contributed by atoms with van der Waals surface area (Å²) >= 11 is 0. The second-order valence-corrected chi connectivity index (χ2v) is 8.70. The van der Waals surface area contributed by atoms with Crippen molar-refractivity contribution in [3.05, 3.63) is 47.8 Å². The summed E-state index contributed by atoms with van der Waals surface area (Å²) < 4.78 is 32.4. The summed E-state index contributed by atoms with van der Waals surface area (Å²) in [6.45, 7) is 2.39. The van der Waals surface area contributed by atoms with E-state index in [-0.39, 0.29) is 9.79 Å². The van der Waals surface area contributed by atoms with Crippen molar-refractivity contribution in [2.24, 2.45) is 0 Å². The fourth-order valence-corrected chi connectivity index (χ4v) is 5.58. The first-order valence-electron chi connectivity index (χ1n) is 8.83. The number of benzene rings is 1. The predicted octanol–water partition coefficient (Wildman–Crippen LogP) is 2.41. The molecule has 0 aliphatic carbocycles. The first-order chi connectivity index (χ1) is 12.7. The molecule has 1 saturated heterocycles. The molecule has 0 amide bonds. The van der Waals surface area contributed by atoms with E-state index in [1.165, 1.54) is 0 Å². The summed E-state index contributed by atoms with van der Waals surface area (Å²) in [7, 11) is -3.71. The number of rotatable bonds is 3. The smallest absolute Gasteiger partial charge is 0.212 e. The molecule has 1 fully saturated rings. The number of aromatic nitrogens is 2.